The summed E-state index contributed by atoms with van der Waals surface area (Å²) in [4.78, 5) is 10.2. The second kappa shape index (κ2) is 12.2. The van der Waals surface area contributed by atoms with Crippen molar-refractivity contribution in [2.45, 2.75) is 24.6 Å². The molecule has 1 aromatic carbocycles. The lowest BCUT2D eigenvalue weighted by Gasteiger charge is -2.20. The molecule has 0 saturated carbocycles. The maximum Gasteiger partial charge on any atom is 0.191 e. The van der Waals surface area contributed by atoms with E-state index in [2.05, 4.69) is 20.6 Å². The zero-order valence-corrected chi connectivity index (χ0v) is 20.6. The molecule has 1 atom stereocenters. The highest BCUT2D eigenvalue weighted by Gasteiger charge is 2.25. The first-order valence-electron chi connectivity index (χ1n) is 10.0. The number of nitrogens with zero attached hydrogens (tertiary/aromatic N) is 3. The fourth-order valence-corrected chi connectivity index (χ4v) is 4.90. The molecule has 170 valence electrons. The van der Waals surface area contributed by atoms with Crippen molar-refractivity contribution in [1.29, 1.82) is 0 Å². The molecule has 2 heterocycles. The van der Waals surface area contributed by atoms with Crippen molar-refractivity contribution in [3.63, 3.8) is 0 Å². The Morgan fingerprint density at radius 2 is 2.03 bits per heavy atom. The zero-order valence-electron chi connectivity index (χ0n) is 17.5. The topological polar surface area (TPSA) is 86.7 Å². The van der Waals surface area contributed by atoms with Crippen LogP contribution in [0.15, 0.2) is 53.7 Å². The lowest BCUT2D eigenvalue weighted by Crippen LogP contribution is -2.45. The normalized spacial score (nSPS) is 16.6. The molecule has 10 heteroatoms. The number of hydrogen-bond donors (Lipinski definition) is 2. The Bertz CT molecular complexity index is 959. The molecule has 0 radical (unpaired) electrons. The van der Waals surface area contributed by atoms with Crippen LogP contribution in [0.4, 0.5) is 10.2 Å². The fraction of sp³-hybridized carbons (Fsp3) is 0.429. The first kappa shape index (κ1) is 25.3. The summed E-state index contributed by atoms with van der Waals surface area (Å²) in [5, 5.41) is 6.48. The third-order valence-corrected chi connectivity index (χ3v) is 6.63. The molecule has 3 rings (SSSR count). The molecule has 0 bridgehead atoms. The van der Waals surface area contributed by atoms with Gasteiger partial charge >= 0.3 is 0 Å². The van der Waals surface area contributed by atoms with Gasteiger partial charge in [-0.15, -0.1) is 24.0 Å². The highest BCUT2D eigenvalue weighted by atomic mass is 127. The minimum Gasteiger partial charge on any atom is -0.356 e. The Morgan fingerprint density at radius 3 is 2.74 bits per heavy atom. The molecule has 7 nitrogen and oxygen atoms in total. The minimum absolute atomic E-state index is 0. The van der Waals surface area contributed by atoms with Gasteiger partial charge in [-0.05, 0) is 30.5 Å². The Labute approximate surface area is 200 Å². The number of rotatable bonds is 8. The van der Waals surface area contributed by atoms with Gasteiger partial charge in [0.2, 0.25) is 0 Å². The molecule has 1 aliphatic heterocycles. The van der Waals surface area contributed by atoms with Crippen LogP contribution in [0.2, 0.25) is 0 Å². The van der Waals surface area contributed by atoms with E-state index in [1.807, 2.05) is 35.2 Å². The lowest BCUT2D eigenvalue weighted by atomic mass is 10.2. The first-order chi connectivity index (χ1) is 14.5. The molecule has 1 saturated heterocycles. The third kappa shape index (κ3) is 7.91. The second-order valence-electron chi connectivity index (χ2n) is 7.31. The van der Waals surface area contributed by atoms with Crippen molar-refractivity contribution in [1.82, 2.24) is 15.6 Å². The van der Waals surface area contributed by atoms with Crippen LogP contribution in [-0.2, 0) is 15.6 Å². The van der Waals surface area contributed by atoms with E-state index in [0.717, 1.165) is 12.0 Å². The monoisotopic (exact) mass is 561 g/mol. The average molecular weight is 561 g/mol. The quantitative estimate of drug-likeness (QED) is 0.223. The van der Waals surface area contributed by atoms with Crippen molar-refractivity contribution in [2.24, 2.45) is 4.99 Å². The summed E-state index contributed by atoms with van der Waals surface area (Å²) in [6, 6.07) is 12.3. The Kier molecular flexibility index (Phi) is 9.94. The van der Waals surface area contributed by atoms with Gasteiger partial charge in [0.25, 0.3) is 0 Å². The van der Waals surface area contributed by atoms with E-state index < -0.39 is 9.84 Å². The number of aliphatic imine (C=N–C) groups is 1. The van der Waals surface area contributed by atoms with Gasteiger partial charge in [-0.3, -0.25) is 4.99 Å². The molecule has 1 aliphatic rings. The number of aromatic nitrogens is 1. The van der Waals surface area contributed by atoms with Crippen LogP contribution in [0, 0.1) is 5.82 Å². The Balaban J connectivity index is 0.00000341. The predicted octanol–water partition coefficient (Wildman–Crippen LogP) is 2.59. The maximum absolute atomic E-state index is 13.9. The van der Waals surface area contributed by atoms with Gasteiger partial charge in [0, 0.05) is 38.9 Å². The van der Waals surface area contributed by atoms with E-state index in [1.54, 1.807) is 19.3 Å². The number of halogens is 2. The van der Waals surface area contributed by atoms with E-state index in [9.17, 15) is 12.8 Å². The molecular weight excluding hydrogens is 532 g/mol. The summed E-state index contributed by atoms with van der Waals surface area (Å²) in [5.74, 6) is 0.833. The van der Waals surface area contributed by atoms with Crippen LogP contribution >= 0.6 is 24.0 Å². The summed E-state index contributed by atoms with van der Waals surface area (Å²) >= 11 is 0. The molecular formula is C21H29FIN5O2S. The molecule has 1 fully saturated rings. The standard InChI is InChI=1S/C21H28FN5O2S.HI/c1-23-21(25-12-6-14-30(28,29)16-17-7-3-2-4-8-17)26-18-10-13-27(15-18)20-19(22)9-5-11-24-20;/h2-5,7-9,11,18H,6,10,12-16H2,1H3,(H2,23,25,26);1H. The average Bonchev–Trinajstić information content (AvgIpc) is 3.19. The molecule has 0 spiro atoms. The largest absolute Gasteiger partial charge is 0.356 e. The Morgan fingerprint density at radius 1 is 1.26 bits per heavy atom. The number of sulfone groups is 1. The van der Waals surface area contributed by atoms with E-state index in [4.69, 9.17) is 0 Å². The van der Waals surface area contributed by atoms with Crippen LogP contribution in [0.1, 0.15) is 18.4 Å². The number of benzene rings is 1. The SMILES string of the molecule is CN=C(NCCCS(=O)(=O)Cc1ccccc1)NC1CCN(c2ncccc2F)C1.I. The molecule has 2 aromatic rings. The van der Waals surface area contributed by atoms with Crippen LogP contribution < -0.4 is 15.5 Å². The maximum atomic E-state index is 13.9. The summed E-state index contributed by atoms with van der Waals surface area (Å²) in [5.41, 5.74) is 0.804. The molecule has 2 N–H and O–H groups in total. The van der Waals surface area contributed by atoms with E-state index in [0.29, 0.717) is 37.8 Å². The number of pyridine rings is 1. The summed E-state index contributed by atoms with van der Waals surface area (Å²) < 4.78 is 38.5. The van der Waals surface area contributed by atoms with Gasteiger partial charge in [-0.2, -0.15) is 0 Å². The molecule has 1 unspecified atom stereocenters. The van der Waals surface area contributed by atoms with Gasteiger partial charge in [-0.1, -0.05) is 30.3 Å². The number of anilines is 1. The van der Waals surface area contributed by atoms with Gasteiger partial charge in [0.05, 0.1) is 11.5 Å². The number of nitrogens with one attached hydrogen (secondary N) is 2. The van der Waals surface area contributed by atoms with Crippen LogP contribution in [0.25, 0.3) is 0 Å². The van der Waals surface area contributed by atoms with E-state index in [1.165, 1.54) is 6.07 Å². The second-order valence-corrected chi connectivity index (χ2v) is 9.50. The van der Waals surface area contributed by atoms with Gasteiger partial charge in [0.1, 0.15) is 0 Å². The van der Waals surface area contributed by atoms with Crippen LogP contribution in [-0.4, -0.2) is 57.8 Å². The lowest BCUT2D eigenvalue weighted by molar-refractivity contribution is 0.590. The molecule has 31 heavy (non-hydrogen) atoms. The van der Waals surface area contributed by atoms with Crippen molar-refractivity contribution in [2.75, 3.05) is 37.3 Å². The summed E-state index contributed by atoms with van der Waals surface area (Å²) in [6.45, 7) is 1.83. The fourth-order valence-electron chi connectivity index (χ4n) is 3.47. The van der Waals surface area contributed by atoms with Gasteiger partial charge < -0.3 is 15.5 Å². The highest BCUT2D eigenvalue weighted by molar-refractivity contribution is 14.0. The molecule has 0 amide bonds. The first-order valence-corrected chi connectivity index (χ1v) is 11.9. The van der Waals surface area contributed by atoms with Crippen molar-refractivity contribution >= 4 is 45.6 Å². The van der Waals surface area contributed by atoms with Crippen LogP contribution in [0.5, 0.6) is 0 Å². The summed E-state index contributed by atoms with van der Waals surface area (Å²) in [6.07, 6.45) is 2.92. The van der Waals surface area contributed by atoms with Crippen LogP contribution in [0.3, 0.4) is 0 Å². The van der Waals surface area contributed by atoms with E-state index >= 15 is 0 Å². The van der Waals surface area contributed by atoms with E-state index in [-0.39, 0.29) is 47.3 Å². The zero-order chi connectivity index (χ0) is 21.4. The molecule has 1 aromatic heterocycles. The van der Waals surface area contributed by atoms with Crippen molar-refractivity contribution in [3.05, 3.63) is 60.0 Å². The van der Waals surface area contributed by atoms with Gasteiger partial charge in [0.15, 0.2) is 27.4 Å². The minimum atomic E-state index is -3.15. The smallest absolute Gasteiger partial charge is 0.191 e. The van der Waals surface area contributed by atoms with Gasteiger partial charge in [-0.25, -0.2) is 17.8 Å². The summed E-state index contributed by atoms with van der Waals surface area (Å²) in [7, 11) is -1.48. The number of hydrogen-bond acceptors (Lipinski definition) is 5. The molecule has 0 aliphatic carbocycles. The highest BCUT2D eigenvalue weighted by Crippen LogP contribution is 2.20. The van der Waals surface area contributed by atoms with Crippen molar-refractivity contribution in [3.8, 4) is 0 Å². The third-order valence-electron chi connectivity index (χ3n) is 4.95. The Hall–Kier alpha value is -1.95. The predicted molar refractivity (Wildman–Crippen MR) is 133 cm³/mol. The number of guanidine groups is 1. The van der Waals surface area contributed by atoms with Crippen molar-refractivity contribution < 1.29 is 12.8 Å².